The van der Waals surface area contributed by atoms with Crippen molar-refractivity contribution in [1.82, 2.24) is 10.2 Å². The molecule has 3 atom stereocenters. The van der Waals surface area contributed by atoms with E-state index < -0.39 is 5.54 Å². The summed E-state index contributed by atoms with van der Waals surface area (Å²) in [5, 5.41) is 3.16. The van der Waals surface area contributed by atoms with E-state index in [0.29, 0.717) is 38.6 Å². The van der Waals surface area contributed by atoms with E-state index in [4.69, 9.17) is 14.2 Å². The Kier molecular flexibility index (Phi) is 5.65. The number of rotatable bonds is 0. The molecule has 3 fully saturated rings. The van der Waals surface area contributed by atoms with E-state index in [1.807, 2.05) is 24.0 Å². The summed E-state index contributed by atoms with van der Waals surface area (Å²) in [6.45, 7) is 3.31. The first-order chi connectivity index (χ1) is 15.1. The minimum absolute atomic E-state index is 0.000900. The van der Waals surface area contributed by atoms with Crippen LogP contribution in [0.1, 0.15) is 56.9 Å². The monoisotopic (exact) mass is 428 g/mol. The lowest BCUT2D eigenvalue weighted by atomic mass is 9.82. The second-order valence-electron chi connectivity index (χ2n) is 9.51. The van der Waals surface area contributed by atoms with Crippen molar-refractivity contribution >= 4 is 11.8 Å². The van der Waals surface area contributed by atoms with Gasteiger partial charge in [0.1, 0.15) is 12.4 Å². The van der Waals surface area contributed by atoms with Gasteiger partial charge in [-0.2, -0.15) is 0 Å². The summed E-state index contributed by atoms with van der Waals surface area (Å²) in [4.78, 5) is 27.4. The summed E-state index contributed by atoms with van der Waals surface area (Å²) < 4.78 is 18.2. The van der Waals surface area contributed by atoms with Gasteiger partial charge >= 0.3 is 0 Å². The molecule has 4 aliphatic heterocycles. The topological polar surface area (TPSA) is 77.1 Å². The number of fused-ring (bicyclic) bond motifs is 6. The van der Waals surface area contributed by atoms with Crippen molar-refractivity contribution in [3.63, 3.8) is 0 Å². The Bertz CT molecular complexity index is 837. The highest BCUT2D eigenvalue weighted by molar-refractivity contribution is 5.81. The summed E-state index contributed by atoms with van der Waals surface area (Å²) in [5.41, 5.74) is 0.672. The van der Waals surface area contributed by atoms with Gasteiger partial charge in [0, 0.05) is 6.04 Å². The van der Waals surface area contributed by atoms with Gasteiger partial charge in [-0.3, -0.25) is 9.59 Å². The molecule has 1 saturated carbocycles. The van der Waals surface area contributed by atoms with Crippen LogP contribution in [0.2, 0.25) is 0 Å². The molecule has 0 radical (unpaired) electrons. The van der Waals surface area contributed by atoms with Gasteiger partial charge in [0.05, 0.1) is 43.9 Å². The van der Waals surface area contributed by atoms with Crippen molar-refractivity contribution in [2.24, 2.45) is 0 Å². The van der Waals surface area contributed by atoms with Gasteiger partial charge in [-0.05, 0) is 56.6 Å². The van der Waals surface area contributed by atoms with Crippen LogP contribution in [0, 0.1) is 0 Å². The molecule has 1 aliphatic carbocycles. The number of carbonyl (C=O) groups is 2. The van der Waals surface area contributed by atoms with Crippen LogP contribution < -0.4 is 10.1 Å². The number of morpholine rings is 1. The lowest BCUT2D eigenvalue weighted by Crippen LogP contribution is -2.65. The van der Waals surface area contributed by atoms with E-state index in [9.17, 15) is 9.59 Å². The van der Waals surface area contributed by atoms with Crippen molar-refractivity contribution in [2.75, 3.05) is 26.4 Å². The zero-order valence-corrected chi connectivity index (χ0v) is 18.2. The molecule has 0 aromatic heterocycles. The van der Waals surface area contributed by atoms with E-state index in [1.54, 1.807) is 0 Å². The first-order valence-corrected chi connectivity index (χ1v) is 11.6. The predicted molar refractivity (Wildman–Crippen MR) is 114 cm³/mol. The minimum Gasteiger partial charge on any atom is -0.493 e. The number of ether oxygens (including phenoxy) is 3. The number of nitrogens with one attached hydrogen (secondary N) is 1. The molecule has 7 nitrogen and oxygen atoms in total. The molecule has 1 spiro atoms. The van der Waals surface area contributed by atoms with Gasteiger partial charge in [-0.25, -0.2) is 0 Å². The highest BCUT2D eigenvalue weighted by atomic mass is 16.5. The van der Waals surface area contributed by atoms with Gasteiger partial charge < -0.3 is 24.4 Å². The average molecular weight is 429 g/mol. The quantitative estimate of drug-likeness (QED) is 0.687. The van der Waals surface area contributed by atoms with Crippen LogP contribution in [0.3, 0.4) is 0 Å². The Balaban J connectivity index is 1.43. The Labute approximate surface area is 183 Å². The highest BCUT2D eigenvalue weighted by Gasteiger charge is 2.55. The van der Waals surface area contributed by atoms with Crippen LogP contribution in [-0.2, 0) is 19.1 Å². The molecule has 0 unspecified atom stereocenters. The van der Waals surface area contributed by atoms with Gasteiger partial charge in [-0.15, -0.1) is 0 Å². The van der Waals surface area contributed by atoms with Crippen molar-refractivity contribution in [3.05, 3.63) is 29.8 Å². The lowest BCUT2D eigenvalue weighted by Gasteiger charge is -2.42. The van der Waals surface area contributed by atoms with Gasteiger partial charge in [-0.1, -0.05) is 18.2 Å². The van der Waals surface area contributed by atoms with Gasteiger partial charge in [0.15, 0.2) is 0 Å². The summed E-state index contributed by atoms with van der Waals surface area (Å²) in [7, 11) is 0. The van der Waals surface area contributed by atoms with Crippen LogP contribution in [0.25, 0.3) is 0 Å². The molecule has 1 aromatic rings. The van der Waals surface area contributed by atoms with Gasteiger partial charge in [0.25, 0.3) is 0 Å². The average Bonchev–Trinajstić information content (AvgIpc) is 3.02. The number of hydrogen-bond donors (Lipinski definition) is 1. The van der Waals surface area contributed by atoms with Crippen molar-refractivity contribution in [2.45, 2.75) is 75.1 Å². The van der Waals surface area contributed by atoms with Crippen LogP contribution in [-0.4, -0.2) is 66.9 Å². The van der Waals surface area contributed by atoms with E-state index in [0.717, 1.165) is 31.4 Å². The molecule has 5 aliphatic rings. The van der Waals surface area contributed by atoms with E-state index in [1.165, 1.54) is 5.56 Å². The molecular weight excluding hydrogens is 396 g/mol. The molecule has 31 heavy (non-hydrogen) atoms. The van der Waals surface area contributed by atoms with E-state index in [2.05, 4.69) is 17.4 Å². The Hall–Kier alpha value is -2.12. The predicted octanol–water partition coefficient (Wildman–Crippen LogP) is 2.39. The second kappa shape index (κ2) is 8.43. The third-order valence-corrected chi connectivity index (χ3v) is 7.47. The van der Waals surface area contributed by atoms with Crippen molar-refractivity contribution in [1.29, 1.82) is 0 Å². The molecule has 1 N–H and O–H groups in total. The zero-order chi connectivity index (χ0) is 21.4. The Morgan fingerprint density at radius 3 is 2.74 bits per heavy atom. The minimum atomic E-state index is -0.577. The number of benzene rings is 1. The standard InChI is InChI=1S/C24H32N2O5/c1-16-12-24(15-29-14-22(27)25-24)21-13-31-18-8-6-17(7-9-18)19-4-2-3-5-20(19)30-11-10-23(28)26(16)21/h2-5,16-18,21H,6-15H2,1H3,(H,25,27)/t16-,17-,18+,21+,24-/m1/s1. The Morgan fingerprint density at radius 2 is 1.94 bits per heavy atom. The molecule has 2 saturated heterocycles. The number of carbonyl (C=O) groups excluding carboxylic acids is 2. The maximum Gasteiger partial charge on any atom is 0.246 e. The largest absolute Gasteiger partial charge is 0.493 e. The smallest absolute Gasteiger partial charge is 0.246 e. The zero-order valence-electron chi connectivity index (χ0n) is 18.2. The first kappa shape index (κ1) is 20.8. The fourth-order valence-electron chi connectivity index (χ4n) is 6.05. The molecule has 2 amide bonds. The van der Waals surface area contributed by atoms with Gasteiger partial charge in [0.2, 0.25) is 11.8 Å². The molecule has 1 aromatic carbocycles. The third kappa shape index (κ3) is 3.94. The molecular formula is C24H32N2O5. The van der Waals surface area contributed by atoms with E-state index >= 15 is 0 Å². The van der Waals surface area contributed by atoms with E-state index in [-0.39, 0.29) is 36.6 Å². The van der Waals surface area contributed by atoms with Crippen molar-refractivity contribution < 1.29 is 23.8 Å². The molecule has 7 heteroatoms. The van der Waals surface area contributed by atoms with Crippen LogP contribution >= 0.6 is 0 Å². The first-order valence-electron chi connectivity index (χ1n) is 11.6. The van der Waals surface area contributed by atoms with Crippen molar-refractivity contribution in [3.8, 4) is 5.75 Å². The third-order valence-electron chi connectivity index (χ3n) is 7.47. The fourth-order valence-corrected chi connectivity index (χ4v) is 6.05. The van der Waals surface area contributed by atoms with Crippen LogP contribution in [0.4, 0.5) is 0 Å². The van der Waals surface area contributed by atoms with Crippen LogP contribution in [0.15, 0.2) is 24.3 Å². The summed E-state index contributed by atoms with van der Waals surface area (Å²) >= 11 is 0. The summed E-state index contributed by atoms with van der Waals surface area (Å²) in [5.74, 6) is 1.28. The Morgan fingerprint density at radius 1 is 1.13 bits per heavy atom. The summed E-state index contributed by atoms with van der Waals surface area (Å²) in [6.07, 6.45) is 5.27. The second-order valence-corrected chi connectivity index (χ2v) is 9.51. The molecule has 4 heterocycles. The lowest BCUT2D eigenvalue weighted by molar-refractivity contribution is -0.144. The highest BCUT2D eigenvalue weighted by Crippen LogP contribution is 2.40. The molecule has 168 valence electrons. The number of hydrogen-bond acceptors (Lipinski definition) is 5. The maximum absolute atomic E-state index is 13.3. The summed E-state index contributed by atoms with van der Waals surface area (Å²) in [6, 6.07) is 8.00. The molecule has 6 rings (SSSR count). The number of para-hydroxylation sites is 1. The maximum atomic E-state index is 13.3. The normalized spacial score (nSPS) is 36.4. The molecule has 2 bridgehead atoms. The number of amides is 2. The number of nitrogens with zero attached hydrogens (tertiary/aromatic N) is 1. The van der Waals surface area contributed by atoms with Crippen LogP contribution in [0.5, 0.6) is 5.75 Å². The SMILES string of the molecule is C[C@@H]1C[C@@]2(COCC(=O)N2)[C@@H]2CO[C@H]3CC[C@H](CC3)c3ccccc3OCCC(=O)N12. The fraction of sp³-hybridized carbons (Fsp3) is 0.667.